The quantitative estimate of drug-likeness (QED) is 0.179. The van der Waals surface area contributed by atoms with Gasteiger partial charge in [-0.2, -0.15) is 0 Å². The van der Waals surface area contributed by atoms with Gasteiger partial charge < -0.3 is 9.32 Å². The number of nitrogens with zero attached hydrogens (tertiary/aromatic N) is 1. The van der Waals surface area contributed by atoms with Gasteiger partial charge in [0.05, 0.1) is 16.8 Å². The molecule has 0 fully saturated rings. The van der Waals surface area contributed by atoms with Crippen LogP contribution in [0.4, 0.5) is 17.1 Å². The molecule has 0 amide bonds. The lowest BCUT2D eigenvalue weighted by Gasteiger charge is -2.32. The molecule has 10 aromatic rings. The summed E-state index contributed by atoms with van der Waals surface area (Å²) in [5.41, 5.74) is 21.4. The minimum atomic E-state index is -0.455. The molecule has 9 aromatic carbocycles. The standard InChI is InChI=1S/C57H39NO/c1-34-32-35-16-4-5-17-37(35)52-43-22-14-29-51(55(43)59-54(34)52)58(36-30-31-41-38-18-6-10-23-44(38)56(2,3)49(41)33-36)50-28-15-27-48-53(50)42-21-9-13-26-47(42)57(48)45-24-11-7-19-39(45)40-20-8-12-25-46(40)57/h4-33H,1-3H3. The van der Waals surface area contributed by atoms with E-state index in [0.717, 1.165) is 39.2 Å². The minimum Gasteiger partial charge on any atom is -0.454 e. The average Bonchev–Trinajstić information content (AvgIpc) is 3.98. The Morgan fingerprint density at radius 1 is 0.424 bits per heavy atom. The van der Waals surface area contributed by atoms with Crippen LogP contribution in [0, 0.1) is 6.92 Å². The summed E-state index contributed by atoms with van der Waals surface area (Å²) in [5, 5.41) is 4.73. The van der Waals surface area contributed by atoms with Gasteiger partial charge in [0.25, 0.3) is 0 Å². The van der Waals surface area contributed by atoms with E-state index in [-0.39, 0.29) is 5.41 Å². The van der Waals surface area contributed by atoms with Gasteiger partial charge in [-0.15, -0.1) is 0 Å². The Morgan fingerprint density at radius 3 is 1.71 bits per heavy atom. The molecule has 0 aliphatic heterocycles. The van der Waals surface area contributed by atoms with E-state index in [4.69, 9.17) is 4.42 Å². The molecule has 0 saturated heterocycles. The maximum atomic E-state index is 7.16. The molecule has 0 bridgehead atoms. The van der Waals surface area contributed by atoms with Gasteiger partial charge >= 0.3 is 0 Å². The van der Waals surface area contributed by atoms with E-state index in [2.05, 4.69) is 208 Å². The molecule has 1 spiro atoms. The van der Waals surface area contributed by atoms with Gasteiger partial charge in [0.2, 0.25) is 0 Å². The molecule has 0 unspecified atom stereocenters. The van der Waals surface area contributed by atoms with Gasteiger partial charge in [-0.05, 0) is 115 Å². The molecule has 1 heterocycles. The van der Waals surface area contributed by atoms with Gasteiger partial charge in [0.1, 0.15) is 5.58 Å². The van der Waals surface area contributed by atoms with Crippen molar-refractivity contribution in [3.63, 3.8) is 0 Å². The fourth-order valence-corrected chi connectivity index (χ4v) is 11.5. The van der Waals surface area contributed by atoms with E-state index < -0.39 is 5.41 Å². The molecule has 13 rings (SSSR count). The zero-order chi connectivity index (χ0) is 39.2. The molecular weight excluding hydrogens is 715 g/mol. The first-order valence-electron chi connectivity index (χ1n) is 20.8. The Labute approximate surface area is 343 Å². The van der Waals surface area contributed by atoms with E-state index in [1.165, 1.54) is 82.9 Å². The third-order valence-corrected chi connectivity index (χ3v) is 14.0. The van der Waals surface area contributed by atoms with Crippen molar-refractivity contribution in [2.24, 2.45) is 0 Å². The van der Waals surface area contributed by atoms with E-state index in [1.807, 2.05) is 0 Å². The van der Waals surface area contributed by atoms with E-state index >= 15 is 0 Å². The predicted octanol–water partition coefficient (Wildman–Crippen LogP) is 15.2. The van der Waals surface area contributed by atoms with E-state index in [1.54, 1.807) is 0 Å². The maximum Gasteiger partial charge on any atom is 0.159 e. The van der Waals surface area contributed by atoms with Crippen LogP contribution in [0.3, 0.4) is 0 Å². The van der Waals surface area contributed by atoms with Crippen molar-refractivity contribution in [3.8, 4) is 33.4 Å². The zero-order valence-electron chi connectivity index (χ0n) is 33.2. The zero-order valence-corrected chi connectivity index (χ0v) is 33.2. The van der Waals surface area contributed by atoms with Crippen molar-refractivity contribution in [3.05, 3.63) is 221 Å². The van der Waals surface area contributed by atoms with Crippen molar-refractivity contribution in [2.75, 3.05) is 4.90 Å². The van der Waals surface area contributed by atoms with Crippen molar-refractivity contribution >= 4 is 49.8 Å². The number of furan rings is 1. The Morgan fingerprint density at radius 2 is 0.966 bits per heavy atom. The van der Waals surface area contributed by atoms with Crippen LogP contribution in [0.15, 0.2) is 186 Å². The van der Waals surface area contributed by atoms with Crippen molar-refractivity contribution in [1.82, 2.24) is 0 Å². The summed E-state index contributed by atoms with van der Waals surface area (Å²) in [4.78, 5) is 2.50. The van der Waals surface area contributed by atoms with Crippen LogP contribution < -0.4 is 4.90 Å². The first-order valence-corrected chi connectivity index (χ1v) is 20.8. The number of para-hydroxylation sites is 1. The third-order valence-electron chi connectivity index (χ3n) is 14.0. The smallest absolute Gasteiger partial charge is 0.159 e. The second kappa shape index (κ2) is 11.5. The maximum absolute atomic E-state index is 7.16. The third kappa shape index (κ3) is 4.06. The highest BCUT2D eigenvalue weighted by molar-refractivity contribution is 6.22. The summed E-state index contributed by atoms with van der Waals surface area (Å²) < 4.78 is 7.16. The largest absolute Gasteiger partial charge is 0.454 e. The lowest BCUT2D eigenvalue weighted by Crippen LogP contribution is -2.26. The van der Waals surface area contributed by atoms with Gasteiger partial charge in [-0.1, -0.05) is 166 Å². The molecule has 278 valence electrons. The molecule has 3 aliphatic carbocycles. The normalized spacial score (nSPS) is 14.6. The molecule has 0 radical (unpaired) electrons. The monoisotopic (exact) mass is 753 g/mol. The summed E-state index contributed by atoms with van der Waals surface area (Å²) in [6.07, 6.45) is 0. The van der Waals surface area contributed by atoms with Crippen LogP contribution in [0.1, 0.15) is 52.8 Å². The summed E-state index contributed by atoms with van der Waals surface area (Å²) in [7, 11) is 0. The van der Waals surface area contributed by atoms with Gasteiger partial charge in [-0.3, -0.25) is 0 Å². The lowest BCUT2D eigenvalue weighted by molar-refractivity contribution is 0.660. The highest BCUT2D eigenvalue weighted by Gasteiger charge is 2.52. The topological polar surface area (TPSA) is 16.4 Å². The average molecular weight is 754 g/mol. The fraction of sp³-hybridized carbons (Fsp3) is 0.0877. The molecular formula is C57H39NO. The summed E-state index contributed by atoms with van der Waals surface area (Å²) in [6.45, 7) is 6.91. The molecule has 59 heavy (non-hydrogen) atoms. The number of anilines is 3. The summed E-state index contributed by atoms with van der Waals surface area (Å²) in [6, 6.07) is 67.9. The Bertz CT molecular complexity index is 3410. The minimum absolute atomic E-state index is 0.165. The van der Waals surface area contributed by atoms with E-state index in [9.17, 15) is 0 Å². The Kier molecular flexibility index (Phi) is 6.40. The van der Waals surface area contributed by atoms with E-state index in [0.29, 0.717) is 0 Å². The van der Waals surface area contributed by atoms with Crippen LogP contribution in [-0.2, 0) is 10.8 Å². The van der Waals surface area contributed by atoms with Crippen LogP contribution in [0.2, 0.25) is 0 Å². The second-order valence-corrected chi connectivity index (χ2v) is 17.2. The van der Waals surface area contributed by atoms with Crippen LogP contribution in [0.5, 0.6) is 0 Å². The van der Waals surface area contributed by atoms with Crippen LogP contribution >= 0.6 is 0 Å². The first-order chi connectivity index (χ1) is 29.0. The van der Waals surface area contributed by atoms with Gasteiger partial charge in [0, 0.05) is 27.4 Å². The Hall–Kier alpha value is -7.16. The number of aryl methyl sites for hydroxylation is 1. The Balaban J connectivity index is 1.15. The molecule has 0 saturated carbocycles. The lowest BCUT2D eigenvalue weighted by atomic mass is 9.70. The van der Waals surface area contributed by atoms with Crippen molar-refractivity contribution in [2.45, 2.75) is 31.6 Å². The second-order valence-electron chi connectivity index (χ2n) is 17.2. The molecule has 0 N–H and O–H groups in total. The molecule has 2 nitrogen and oxygen atoms in total. The van der Waals surface area contributed by atoms with Gasteiger partial charge in [0.15, 0.2) is 5.58 Å². The molecule has 1 aromatic heterocycles. The number of rotatable bonds is 3. The highest BCUT2D eigenvalue weighted by Crippen LogP contribution is 2.65. The molecule has 0 atom stereocenters. The molecule has 2 heteroatoms. The van der Waals surface area contributed by atoms with Crippen molar-refractivity contribution in [1.29, 1.82) is 0 Å². The predicted molar refractivity (Wildman–Crippen MR) is 245 cm³/mol. The van der Waals surface area contributed by atoms with Crippen LogP contribution in [-0.4, -0.2) is 0 Å². The summed E-state index contributed by atoms with van der Waals surface area (Å²) >= 11 is 0. The van der Waals surface area contributed by atoms with Crippen molar-refractivity contribution < 1.29 is 4.42 Å². The first kappa shape index (κ1) is 32.9. The fourth-order valence-electron chi connectivity index (χ4n) is 11.5. The molecule has 3 aliphatic rings. The summed E-state index contributed by atoms with van der Waals surface area (Å²) in [5.74, 6) is 0. The highest BCUT2D eigenvalue weighted by atomic mass is 16.3. The van der Waals surface area contributed by atoms with Gasteiger partial charge in [-0.25, -0.2) is 0 Å². The SMILES string of the molecule is Cc1cc2ccccc2c2c1oc1c(N(c3ccc4c(c3)C(C)(C)c3ccccc3-4)c3cccc4c3-c3ccccc3C43c4ccccc4-c4ccccc43)cccc12. The number of benzene rings is 9. The number of fused-ring (bicyclic) bond motifs is 18. The number of hydrogen-bond acceptors (Lipinski definition) is 2. The number of hydrogen-bond donors (Lipinski definition) is 0. The van der Waals surface area contributed by atoms with Crippen LogP contribution in [0.25, 0.3) is 66.1 Å².